The van der Waals surface area contributed by atoms with E-state index in [9.17, 15) is 14.7 Å². The smallest absolute Gasteiger partial charge is 0.357 e. The van der Waals surface area contributed by atoms with Crippen molar-refractivity contribution >= 4 is 22.8 Å². The average Bonchev–Trinajstić information content (AvgIpc) is 3.07. The molecule has 6 heteroatoms. The van der Waals surface area contributed by atoms with E-state index in [-0.39, 0.29) is 24.2 Å². The highest BCUT2D eigenvalue weighted by Crippen LogP contribution is 2.19. The van der Waals surface area contributed by atoms with Gasteiger partial charge >= 0.3 is 5.97 Å². The molecule has 3 rings (SSSR count). The molecule has 0 bridgehead atoms. The van der Waals surface area contributed by atoms with Gasteiger partial charge in [0.15, 0.2) is 5.69 Å². The minimum absolute atomic E-state index is 0.0146. The van der Waals surface area contributed by atoms with Crippen LogP contribution < -0.4 is 5.32 Å². The van der Waals surface area contributed by atoms with E-state index in [0.717, 1.165) is 25.7 Å². The van der Waals surface area contributed by atoms with Crippen molar-refractivity contribution in [3.05, 3.63) is 30.0 Å². The highest BCUT2D eigenvalue weighted by atomic mass is 16.4. The molecule has 0 saturated heterocycles. The Morgan fingerprint density at radius 1 is 1.29 bits per heavy atom. The van der Waals surface area contributed by atoms with Crippen LogP contribution in [0.3, 0.4) is 0 Å². The van der Waals surface area contributed by atoms with Crippen molar-refractivity contribution in [1.82, 2.24) is 15.1 Å². The maximum absolute atomic E-state index is 12.1. The predicted molar refractivity (Wildman–Crippen MR) is 77.1 cm³/mol. The van der Waals surface area contributed by atoms with Crippen LogP contribution in [0, 0.1) is 0 Å². The number of carbonyl (C=O) groups excluding carboxylic acids is 1. The summed E-state index contributed by atoms with van der Waals surface area (Å²) in [5.41, 5.74) is 0.649. The molecule has 0 atom stereocenters. The van der Waals surface area contributed by atoms with Gasteiger partial charge in [-0.05, 0) is 18.9 Å². The van der Waals surface area contributed by atoms with Crippen molar-refractivity contribution in [3.8, 4) is 0 Å². The third-order valence-electron chi connectivity index (χ3n) is 3.87. The molecule has 2 aromatic rings. The molecule has 1 aliphatic carbocycles. The van der Waals surface area contributed by atoms with E-state index in [4.69, 9.17) is 0 Å². The van der Waals surface area contributed by atoms with Crippen molar-refractivity contribution < 1.29 is 14.7 Å². The molecule has 0 unspecified atom stereocenters. The van der Waals surface area contributed by atoms with E-state index >= 15 is 0 Å². The molecule has 6 nitrogen and oxygen atoms in total. The van der Waals surface area contributed by atoms with Gasteiger partial charge in [-0.1, -0.05) is 31.0 Å². The molecule has 0 spiro atoms. The number of fused-ring (bicyclic) bond motifs is 1. The van der Waals surface area contributed by atoms with Gasteiger partial charge in [0.25, 0.3) is 0 Å². The summed E-state index contributed by atoms with van der Waals surface area (Å²) < 4.78 is 1.46. The van der Waals surface area contributed by atoms with Gasteiger partial charge < -0.3 is 10.4 Å². The third-order valence-corrected chi connectivity index (χ3v) is 3.87. The van der Waals surface area contributed by atoms with Gasteiger partial charge in [-0.2, -0.15) is 5.10 Å². The zero-order valence-corrected chi connectivity index (χ0v) is 11.6. The molecular weight excluding hydrogens is 270 g/mol. The molecule has 2 N–H and O–H groups in total. The van der Waals surface area contributed by atoms with Crippen LogP contribution in [0.1, 0.15) is 36.2 Å². The van der Waals surface area contributed by atoms with Crippen LogP contribution in [0.5, 0.6) is 0 Å². The van der Waals surface area contributed by atoms with Crippen LogP contribution in [0.2, 0.25) is 0 Å². The Kier molecular flexibility index (Phi) is 3.60. The lowest BCUT2D eigenvalue weighted by atomic mass is 10.2. The molecule has 0 radical (unpaired) electrons. The normalized spacial score (nSPS) is 15.4. The Labute approximate surface area is 121 Å². The Morgan fingerprint density at radius 2 is 2.00 bits per heavy atom. The van der Waals surface area contributed by atoms with Crippen LogP contribution in [0.25, 0.3) is 10.9 Å². The van der Waals surface area contributed by atoms with Gasteiger partial charge in [-0.15, -0.1) is 0 Å². The third kappa shape index (κ3) is 2.74. The maximum Gasteiger partial charge on any atom is 0.357 e. The number of aromatic carboxylic acids is 1. The fourth-order valence-electron chi connectivity index (χ4n) is 2.89. The summed E-state index contributed by atoms with van der Waals surface area (Å²) in [6, 6.07) is 7.30. The minimum atomic E-state index is -1.08. The van der Waals surface area contributed by atoms with Gasteiger partial charge in [-0.3, -0.25) is 9.48 Å². The summed E-state index contributed by atoms with van der Waals surface area (Å²) in [5, 5.41) is 16.8. The Bertz CT molecular complexity index is 687. The second-order valence-electron chi connectivity index (χ2n) is 5.38. The summed E-state index contributed by atoms with van der Waals surface area (Å²) in [6.07, 6.45) is 4.34. The largest absolute Gasteiger partial charge is 0.476 e. The summed E-state index contributed by atoms with van der Waals surface area (Å²) in [5.74, 6) is -1.20. The lowest BCUT2D eigenvalue weighted by Gasteiger charge is -2.12. The zero-order valence-electron chi connectivity index (χ0n) is 11.6. The first-order valence-corrected chi connectivity index (χ1v) is 7.13. The molecule has 21 heavy (non-hydrogen) atoms. The fourth-order valence-corrected chi connectivity index (χ4v) is 2.89. The van der Waals surface area contributed by atoms with Crippen molar-refractivity contribution in [2.24, 2.45) is 0 Å². The lowest BCUT2D eigenvalue weighted by molar-refractivity contribution is -0.122. The first-order chi connectivity index (χ1) is 10.1. The lowest BCUT2D eigenvalue weighted by Crippen LogP contribution is -2.35. The number of nitrogens with zero attached hydrogens (tertiary/aromatic N) is 2. The molecule has 1 heterocycles. The Morgan fingerprint density at radius 3 is 2.71 bits per heavy atom. The van der Waals surface area contributed by atoms with E-state index in [1.807, 2.05) is 0 Å². The Hall–Kier alpha value is -2.37. The van der Waals surface area contributed by atoms with Crippen molar-refractivity contribution in [1.29, 1.82) is 0 Å². The predicted octanol–water partition coefficient (Wildman–Crippen LogP) is 1.79. The summed E-state index contributed by atoms with van der Waals surface area (Å²) in [6.45, 7) is 0.0459. The first-order valence-electron chi connectivity index (χ1n) is 7.13. The number of para-hydroxylation sites is 1. The number of aromatic nitrogens is 2. The summed E-state index contributed by atoms with van der Waals surface area (Å²) in [4.78, 5) is 23.3. The van der Waals surface area contributed by atoms with Crippen LogP contribution in [-0.2, 0) is 11.3 Å². The van der Waals surface area contributed by atoms with Crippen molar-refractivity contribution in [3.63, 3.8) is 0 Å². The SMILES string of the molecule is O=C(Cn1nc(C(=O)O)c2ccccc21)NC1CCCC1. The van der Waals surface area contributed by atoms with Crippen LogP contribution in [-0.4, -0.2) is 32.8 Å². The van der Waals surface area contributed by atoms with Gasteiger partial charge in [-0.25, -0.2) is 4.79 Å². The molecule has 1 aromatic carbocycles. The van der Waals surface area contributed by atoms with E-state index in [1.165, 1.54) is 4.68 Å². The number of carboxylic acid groups (broad SMARTS) is 1. The van der Waals surface area contributed by atoms with E-state index in [0.29, 0.717) is 10.9 Å². The summed E-state index contributed by atoms with van der Waals surface area (Å²) in [7, 11) is 0. The topological polar surface area (TPSA) is 84.2 Å². The van der Waals surface area contributed by atoms with Gasteiger partial charge in [0.2, 0.25) is 5.91 Å². The molecule has 1 aliphatic rings. The first kappa shape index (κ1) is 13.6. The molecule has 1 aromatic heterocycles. The number of benzene rings is 1. The number of hydrogen-bond acceptors (Lipinski definition) is 3. The molecule has 1 amide bonds. The number of nitrogens with one attached hydrogen (secondary N) is 1. The second kappa shape index (κ2) is 5.55. The quantitative estimate of drug-likeness (QED) is 0.898. The van der Waals surface area contributed by atoms with E-state index < -0.39 is 5.97 Å². The highest BCUT2D eigenvalue weighted by Gasteiger charge is 2.20. The molecule has 110 valence electrons. The highest BCUT2D eigenvalue weighted by molar-refractivity contribution is 6.01. The average molecular weight is 287 g/mol. The van der Waals surface area contributed by atoms with Gasteiger partial charge in [0.1, 0.15) is 6.54 Å². The van der Waals surface area contributed by atoms with Crippen molar-refractivity contribution in [2.75, 3.05) is 0 Å². The number of rotatable bonds is 4. The number of amides is 1. The standard InChI is InChI=1S/C15H17N3O3/c19-13(16-10-5-1-2-6-10)9-18-12-8-4-3-7-11(12)14(17-18)15(20)21/h3-4,7-8,10H,1-2,5-6,9H2,(H,16,19)(H,20,21). The molecular formula is C15H17N3O3. The summed E-state index contributed by atoms with van der Waals surface area (Å²) >= 11 is 0. The minimum Gasteiger partial charge on any atom is -0.476 e. The molecule has 0 aliphatic heterocycles. The monoisotopic (exact) mass is 287 g/mol. The number of carboxylic acids is 1. The fraction of sp³-hybridized carbons (Fsp3) is 0.400. The maximum atomic E-state index is 12.1. The van der Waals surface area contributed by atoms with E-state index in [2.05, 4.69) is 10.4 Å². The Balaban J connectivity index is 1.83. The second-order valence-corrected chi connectivity index (χ2v) is 5.38. The molecule has 1 saturated carbocycles. The number of hydrogen-bond donors (Lipinski definition) is 2. The van der Waals surface area contributed by atoms with Crippen LogP contribution >= 0.6 is 0 Å². The van der Waals surface area contributed by atoms with Crippen molar-refractivity contribution in [2.45, 2.75) is 38.3 Å². The van der Waals surface area contributed by atoms with E-state index in [1.54, 1.807) is 24.3 Å². The number of carbonyl (C=O) groups is 2. The van der Waals surface area contributed by atoms with Gasteiger partial charge in [0.05, 0.1) is 5.52 Å². The van der Waals surface area contributed by atoms with Crippen LogP contribution in [0.4, 0.5) is 0 Å². The zero-order chi connectivity index (χ0) is 14.8. The van der Waals surface area contributed by atoms with Crippen LogP contribution in [0.15, 0.2) is 24.3 Å². The molecule has 1 fully saturated rings. The van der Waals surface area contributed by atoms with Gasteiger partial charge in [0, 0.05) is 11.4 Å².